The van der Waals surface area contributed by atoms with E-state index in [9.17, 15) is 9.18 Å². The molecule has 0 spiro atoms. The SMILES string of the molecule is O=C(NCc1ccc(-n2ccnc2)c(F)c1)[C@H]1C[C@@H]1c1ccccc1. The molecule has 5 heteroatoms. The number of aromatic nitrogens is 2. The summed E-state index contributed by atoms with van der Waals surface area (Å²) in [5.41, 5.74) is 2.39. The van der Waals surface area contributed by atoms with Crippen LogP contribution in [-0.2, 0) is 11.3 Å². The molecule has 1 N–H and O–H groups in total. The smallest absolute Gasteiger partial charge is 0.224 e. The van der Waals surface area contributed by atoms with Gasteiger partial charge in [-0.2, -0.15) is 0 Å². The zero-order valence-electron chi connectivity index (χ0n) is 13.6. The van der Waals surface area contributed by atoms with Gasteiger partial charge in [0, 0.05) is 24.9 Å². The Morgan fingerprint density at radius 1 is 1.24 bits per heavy atom. The van der Waals surface area contributed by atoms with Crippen LogP contribution in [0.1, 0.15) is 23.5 Å². The molecule has 4 nitrogen and oxygen atoms in total. The third-order valence-electron chi connectivity index (χ3n) is 4.62. The summed E-state index contributed by atoms with van der Waals surface area (Å²) >= 11 is 0. The maximum Gasteiger partial charge on any atom is 0.224 e. The van der Waals surface area contributed by atoms with Crippen LogP contribution in [0.25, 0.3) is 5.69 Å². The quantitative estimate of drug-likeness (QED) is 0.776. The minimum Gasteiger partial charge on any atom is -0.352 e. The van der Waals surface area contributed by atoms with E-state index in [1.165, 1.54) is 11.6 Å². The number of halogens is 1. The Labute approximate surface area is 145 Å². The molecule has 1 aliphatic carbocycles. The number of nitrogens with zero attached hydrogens (tertiary/aromatic N) is 2. The molecule has 1 aliphatic rings. The molecule has 0 radical (unpaired) electrons. The predicted molar refractivity (Wildman–Crippen MR) is 92.7 cm³/mol. The number of imidazole rings is 1. The van der Waals surface area contributed by atoms with Gasteiger partial charge in [0.1, 0.15) is 5.82 Å². The van der Waals surface area contributed by atoms with Crippen LogP contribution in [0, 0.1) is 11.7 Å². The standard InChI is InChI=1S/C20H18FN3O/c21-18-10-14(6-7-19(18)24-9-8-22-13-24)12-23-20(25)17-11-16(17)15-4-2-1-3-5-15/h1-10,13,16-17H,11-12H2,(H,23,25)/t16-,17+/m1/s1. The second-order valence-corrected chi connectivity index (χ2v) is 6.33. The molecule has 1 aromatic heterocycles. The lowest BCUT2D eigenvalue weighted by molar-refractivity contribution is -0.122. The highest BCUT2D eigenvalue weighted by molar-refractivity contribution is 5.82. The second-order valence-electron chi connectivity index (χ2n) is 6.33. The largest absolute Gasteiger partial charge is 0.352 e. The first-order chi connectivity index (χ1) is 12.2. The summed E-state index contributed by atoms with van der Waals surface area (Å²) in [5, 5.41) is 2.92. The van der Waals surface area contributed by atoms with Crippen molar-refractivity contribution in [3.8, 4) is 5.69 Å². The number of nitrogens with one attached hydrogen (secondary N) is 1. The number of benzene rings is 2. The number of hydrogen-bond donors (Lipinski definition) is 1. The van der Waals surface area contributed by atoms with Gasteiger partial charge in [0.2, 0.25) is 5.91 Å². The van der Waals surface area contributed by atoms with Gasteiger partial charge >= 0.3 is 0 Å². The Hall–Kier alpha value is -2.95. The maximum atomic E-state index is 14.2. The molecule has 1 saturated carbocycles. The third-order valence-corrected chi connectivity index (χ3v) is 4.62. The van der Waals surface area contributed by atoms with Gasteiger partial charge in [-0.1, -0.05) is 36.4 Å². The summed E-state index contributed by atoms with van der Waals surface area (Å²) in [4.78, 5) is 16.2. The zero-order valence-corrected chi connectivity index (χ0v) is 13.6. The lowest BCUT2D eigenvalue weighted by Crippen LogP contribution is -2.25. The summed E-state index contributed by atoms with van der Waals surface area (Å²) in [6.45, 7) is 0.331. The molecule has 1 amide bonds. The van der Waals surface area contributed by atoms with Crippen LogP contribution in [0.5, 0.6) is 0 Å². The topological polar surface area (TPSA) is 46.9 Å². The van der Waals surface area contributed by atoms with E-state index < -0.39 is 0 Å². The minimum atomic E-state index is -0.335. The average molecular weight is 335 g/mol. The summed E-state index contributed by atoms with van der Waals surface area (Å²) in [5.74, 6) is 0.0327. The highest BCUT2D eigenvalue weighted by Crippen LogP contribution is 2.47. The Morgan fingerprint density at radius 3 is 2.80 bits per heavy atom. The van der Waals surface area contributed by atoms with E-state index >= 15 is 0 Å². The first-order valence-electron chi connectivity index (χ1n) is 8.32. The molecule has 25 heavy (non-hydrogen) atoms. The molecular formula is C20H18FN3O. The molecule has 0 bridgehead atoms. The molecule has 126 valence electrons. The van der Waals surface area contributed by atoms with Crippen molar-refractivity contribution in [1.29, 1.82) is 0 Å². The molecule has 3 aromatic rings. The number of carbonyl (C=O) groups is 1. The number of hydrogen-bond acceptors (Lipinski definition) is 2. The van der Waals surface area contributed by atoms with Crippen LogP contribution in [0.15, 0.2) is 67.3 Å². The highest BCUT2D eigenvalue weighted by atomic mass is 19.1. The molecule has 2 atom stereocenters. The summed E-state index contributed by atoms with van der Waals surface area (Å²) < 4.78 is 15.8. The van der Waals surface area contributed by atoms with Gasteiger partial charge in [-0.3, -0.25) is 4.79 Å². The van der Waals surface area contributed by atoms with Crippen LogP contribution >= 0.6 is 0 Å². The number of carbonyl (C=O) groups excluding carboxylic acids is 1. The Balaban J connectivity index is 1.36. The van der Waals surface area contributed by atoms with Crippen molar-refractivity contribution in [3.05, 3.63) is 84.2 Å². The van der Waals surface area contributed by atoms with E-state index in [0.29, 0.717) is 18.2 Å². The van der Waals surface area contributed by atoms with Gasteiger partial charge in [-0.05, 0) is 35.6 Å². The molecule has 4 rings (SSSR count). The van der Waals surface area contributed by atoms with E-state index in [2.05, 4.69) is 22.4 Å². The van der Waals surface area contributed by atoms with Crippen molar-refractivity contribution in [2.75, 3.05) is 0 Å². The Morgan fingerprint density at radius 2 is 2.08 bits per heavy atom. The van der Waals surface area contributed by atoms with E-state index in [-0.39, 0.29) is 17.6 Å². The van der Waals surface area contributed by atoms with Crippen LogP contribution in [0.2, 0.25) is 0 Å². The van der Waals surface area contributed by atoms with Crippen LogP contribution in [0.4, 0.5) is 4.39 Å². The summed E-state index contributed by atoms with van der Waals surface area (Å²) in [7, 11) is 0. The lowest BCUT2D eigenvalue weighted by Gasteiger charge is -2.08. The second kappa shape index (κ2) is 6.51. The van der Waals surface area contributed by atoms with E-state index in [4.69, 9.17) is 0 Å². The average Bonchev–Trinajstić information content (AvgIpc) is 3.27. The van der Waals surface area contributed by atoms with Crippen molar-refractivity contribution in [2.45, 2.75) is 18.9 Å². The van der Waals surface area contributed by atoms with Crippen molar-refractivity contribution >= 4 is 5.91 Å². The van der Waals surface area contributed by atoms with Crippen molar-refractivity contribution in [3.63, 3.8) is 0 Å². The Kier molecular flexibility index (Phi) is 4.06. The van der Waals surface area contributed by atoms with E-state index in [0.717, 1.165) is 12.0 Å². The van der Waals surface area contributed by atoms with E-state index in [1.54, 1.807) is 29.4 Å². The van der Waals surface area contributed by atoms with Gasteiger partial charge in [0.15, 0.2) is 0 Å². The van der Waals surface area contributed by atoms with Crippen LogP contribution in [-0.4, -0.2) is 15.5 Å². The van der Waals surface area contributed by atoms with Gasteiger partial charge < -0.3 is 9.88 Å². The van der Waals surface area contributed by atoms with Crippen molar-refractivity contribution < 1.29 is 9.18 Å². The molecule has 0 unspecified atom stereocenters. The first kappa shape index (κ1) is 15.6. The highest BCUT2D eigenvalue weighted by Gasteiger charge is 2.43. The molecule has 0 aliphatic heterocycles. The van der Waals surface area contributed by atoms with Gasteiger partial charge in [-0.25, -0.2) is 9.37 Å². The fourth-order valence-electron chi connectivity index (χ4n) is 3.15. The predicted octanol–water partition coefficient (Wildman–Crippen LogP) is 3.43. The fourth-order valence-corrected chi connectivity index (χ4v) is 3.15. The molecular weight excluding hydrogens is 317 g/mol. The van der Waals surface area contributed by atoms with Crippen LogP contribution < -0.4 is 5.32 Å². The minimum absolute atomic E-state index is 0.0254. The third kappa shape index (κ3) is 3.31. The normalized spacial score (nSPS) is 18.8. The van der Waals surface area contributed by atoms with Crippen molar-refractivity contribution in [1.82, 2.24) is 14.9 Å². The van der Waals surface area contributed by atoms with Crippen LogP contribution in [0.3, 0.4) is 0 Å². The summed E-state index contributed by atoms with van der Waals surface area (Å²) in [6.07, 6.45) is 5.73. The van der Waals surface area contributed by atoms with Gasteiger partial charge in [0.05, 0.1) is 12.0 Å². The van der Waals surface area contributed by atoms with E-state index in [1.807, 2.05) is 24.3 Å². The molecule has 0 saturated heterocycles. The molecule has 1 heterocycles. The Bertz CT molecular complexity index is 877. The monoisotopic (exact) mass is 335 g/mol. The maximum absolute atomic E-state index is 14.2. The first-order valence-corrected chi connectivity index (χ1v) is 8.32. The lowest BCUT2D eigenvalue weighted by atomic mass is 10.1. The van der Waals surface area contributed by atoms with Gasteiger partial charge in [-0.15, -0.1) is 0 Å². The number of amides is 1. The molecule has 1 fully saturated rings. The summed E-state index contributed by atoms with van der Waals surface area (Å²) in [6, 6.07) is 15.0. The van der Waals surface area contributed by atoms with Crippen molar-refractivity contribution in [2.24, 2.45) is 5.92 Å². The fraction of sp³-hybridized carbons (Fsp3) is 0.200. The molecule has 2 aromatic carbocycles. The number of rotatable bonds is 5. The zero-order chi connectivity index (χ0) is 17.2. The van der Waals surface area contributed by atoms with Gasteiger partial charge in [0.25, 0.3) is 0 Å².